The number of H-pyrrole nitrogens is 1. The van der Waals surface area contributed by atoms with Gasteiger partial charge in [0.15, 0.2) is 5.43 Å². The largest absolute Gasteiger partial charge is 0.494 e. The van der Waals surface area contributed by atoms with Crippen molar-refractivity contribution in [1.82, 2.24) is 4.98 Å². The summed E-state index contributed by atoms with van der Waals surface area (Å²) in [5.41, 5.74) is 2.94. The van der Waals surface area contributed by atoms with Crippen LogP contribution >= 0.6 is 0 Å². The highest BCUT2D eigenvalue weighted by Gasteiger charge is 2.22. The van der Waals surface area contributed by atoms with Crippen LogP contribution in [0.4, 0.5) is 0 Å². The predicted octanol–water partition coefficient (Wildman–Crippen LogP) is -0.852. The van der Waals surface area contributed by atoms with Gasteiger partial charge in [-0.3, -0.25) is 4.79 Å². The Kier molecular flexibility index (Phi) is 4.68. The van der Waals surface area contributed by atoms with Crippen LogP contribution < -0.4 is 20.0 Å². The topological polar surface area (TPSA) is 51.0 Å². The molecule has 1 aliphatic rings. The van der Waals surface area contributed by atoms with E-state index >= 15 is 0 Å². The monoisotopic (exact) mass is 317 g/mol. The van der Waals surface area contributed by atoms with Crippen molar-refractivity contribution in [1.29, 1.82) is 0 Å². The first-order chi connectivity index (χ1) is 11.1. The number of ether oxygens (including phenoxy) is 1. The quantitative estimate of drug-likeness (QED) is 0.688. The maximum Gasteiger partial charge on any atom is 0.198 e. The van der Waals surface area contributed by atoms with Crippen LogP contribution in [0.1, 0.15) is 18.2 Å². The molecule has 1 aromatic heterocycles. The third kappa shape index (κ3) is 3.41. The fraction of sp³-hybridized carbons (Fsp3) is 0.500. The molecular formula is C18H27N3O2+2. The highest BCUT2D eigenvalue weighted by atomic mass is 16.5. The molecule has 0 atom stereocenters. The smallest absolute Gasteiger partial charge is 0.198 e. The van der Waals surface area contributed by atoms with Gasteiger partial charge in [-0.05, 0) is 32.0 Å². The molecule has 5 heteroatoms. The van der Waals surface area contributed by atoms with Crippen molar-refractivity contribution >= 4 is 10.9 Å². The standard InChI is InChI=1S/C18H25N3O2/c1-4-23-14-5-6-17-15(11-14)18(22)16(13(2)19-17)12-21-9-7-20(3)8-10-21/h5-6,11H,4,7-10,12H2,1-3H3,(H,19,22)/p+2. The van der Waals surface area contributed by atoms with Crippen LogP contribution in [-0.2, 0) is 6.54 Å². The summed E-state index contributed by atoms with van der Waals surface area (Å²) in [6.07, 6.45) is 0. The van der Waals surface area contributed by atoms with E-state index in [0.29, 0.717) is 6.61 Å². The van der Waals surface area contributed by atoms with Crippen molar-refractivity contribution in [2.24, 2.45) is 0 Å². The van der Waals surface area contributed by atoms with E-state index < -0.39 is 0 Å². The zero-order valence-corrected chi connectivity index (χ0v) is 14.3. The minimum absolute atomic E-state index is 0.150. The van der Waals surface area contributed by atoms with Gasteiger partial charge in [-0.1, -0.05) is 0 Å². The Morgan fingerprint density at radius 1 is 1.22 bits per heavy atom. The number of piperazine rings is 1. The average molecular weight is 317 g/mol. The molecule has 0 unspecified atom stereocenters. The van der Waals surface area contributed by atoms with Gasteiger partial charge in [-0.25, -0.2) is 0 Å². The number of quaternary nitrogens is 2. The SMILES string of the molecule is CCOc1ccc2[nH]c(C)c(C[NH+]3CC[NH+](C)CC3)c(=O)c2c1. The summed E-state index contributed by atoms with van der Waals surface area (Å²) < 4.78 is 5.54. The molecule has 3 N–H and O–H groups in total. The molecule has 0 aliphatic carbocycles. The number of nitrogens with one attached hydrogen (secondary N) is 3. The number of aryl methyl sites for hydroxylation is 1. The Bertz CT molecular complexity index is 746. The van der Waals surface area contributed by atoms with Crippen LogP contribution in [0.2, 0.25) is 0 Å². The van der Waals surface area contributed by atoms with Gasteiger partial charge in [-0.2, -0.15) is 0 Å². The lowest BCUT2D eigenvalue weighted by Crippen LogP contribution is -3.26. The third-order valence-corrected chi connectivity index (χ3v) is 4.83. The number of fused-ring (bicyclic) bond motifs is 1. The number of pyridine rings is 1. The van der Waals surface area contributed by atoms with E-state index in [0.717, 1.165) is 47.5 Å². The van der Waals surface area contributed by atoms with E-state index in [1.54, 1.807) is 4.90 Å². The summed E-state index contributed by atoms with van der Waals surface area (Å²) in [6.45, 7) is 9.98. The van der Waals surface area contributed by atoms with E-state index in [1.807, 2.05) is 32.0 Å². The molecule has 5 nitrogen and oxygen atoms in total. The minimum Gasteiger partial charge on any atom is -0.494 e. The van der Waals surface area contributed by atoms with Crippen LogP contribution in [0.25, 0.3) is 10.9 Å². The van der Waals surface area contributed by atoms with Gasteiger partial charge in [0.05, 0.1) is 19.2 Å². The summed E-state index contributed by atoms with van der Waals surface area (Å²) in [5.74, 6) is 0.760. The highest BCUT2D eigenvalue weighted by Crippen LogP contribution is 2.18. The first kappa shape index (κ1) is 16.0. The lowest BCUT2D eigenvalue weighted by molar-refractivity contribution is -1.01. The Morgan fingerprint density at radius 3 is 2.65 bits per heavy atom. The van der Waals surface area contributed by atoms with Gasteiger partial charge in [0.1, 0.15) is 38.5 Å². The van der Waals surface area contributed by atoms with Gasteiger partial charge in [0, 0.05) is 16.6 Å². The Balaban J connectivity index is 1.94. The molecule has 2 heterocycles. The first-order valence-electron chi connectivity index (χ1n) is 8.51. The number of likely N-dealkylation sites (N-methyl/N-ethyl adjacent to an activating group) is 1. The van der Waals surface area contributed by atoms with Gasteiger partial charge >= 0.3 is 0 Å². The molecule has 3 rings (SSSR count). The molecular weight excluding hydrogens is 290 g/mol. The summed E-state index contributed by atoms with van der Waals surface area (Å²) >= 11 is 0. The zero-order chi connectivity index (χ0) is 16.4. The van der Waals surface area contributed by atoms with Crippen LogP contribution in [-0.4, -0.2) is 44.8 Å². The van der Waals surface area contributed by atoms with E-state index in [4.69, 9.17) is 4.74 Å². The third-order valence-electron chi connectivity index (χ3n) is 4.83. The molecule has 23 heavy (non-hydrogen) atoms. The van der Waals surface area contributed by atoms with Crippen LogP contribution in [0.5, 0.6) is 5.75 Å². The van der Waals surface area contributed by atoms with Gasteiger partial charge < -0.3 is 19.5 Å². The van der Waals surface area contributed by atoms with Crippen molar-refractivity contribution < 1.29 is 14.5 Å². The van der Waals surface area contributed by atoms with E-state index in [-0.39, 0.29) is 5.43 Å². The molecule has 0 saturated carbocycles. The fourth-order valence-corrected chi connectivity index (χ4v) is 3.36. The lowest BCUT2D eigenvalue weighted by atomic mass is 10.1. The summed E-state index contributed by atoms with van der Waals surface area (Å²) in [5, 5.41) is 0.732. The molecule has 0 amide bonds. The van der Waals surface area contributed by atoms with Gasteiger partial charge in [0.2, 0.25) is 0 Å². The van der Waals surface area contributed by atoms with Crippen molar-refractivity contribution in [3.05, 3.63) is 39.7 Å². The minimum atomic E-state index is 0.150. The van der Waals surface area contributed by atoms with Crippen LogP contribution in [0.3, 0.4) is 0 Å². The molecule has 0 bridgehead atoms. The van der Waals surface area contributed by atoms with Gasteiger partial charge in [-0.15, -0.1) is 0 Å². The van der Waals surface area contributed by atoms with Crippen LogP contribution in [0.15, 0.2) is 23.0 Å². The Morgan fingerprint density at radius 2 is 1.96 bits per heavy atom. The molecule has 124 valence electrons. The average Bonchev–Trinajstić information content (AvgIpc) is 2.54. The second kappa shape index (κ2) is 6.72. The Hall–Kier alpha value is -1.85. The van der Waals surface area contributed by atoms with E-state index in [9.17, 15) is 4.79 Å². The summed E-state index contributed by atoms with van der Waals surface area (Å²) in [4.78, 5) is 19.4. The molecule has 0 radical (unpaired) electrons. The number of benzene rings is 1. The summed E-state index contributed by atoms with van der Waals surface area (Å²) in [7, 11) is 2.24. The maximum absolute atomic E-state index is 12.9. The Labute approximate surface area is 136 Å². The van der Waals surface area contributed by atoms with Gasteiger partial charge in [0.25, 0.3) is 0 Å². The second-order valence-corrected chi connectivity index (χ2v) is 6.58. The maximum atomic E-state index is 12.9. The highest BCUT2D eigenvalue weighted by molar-refractivity contribution is 5.81. The van der Waals surface area contributed by atoms with Crippen molar-refractivity contribution in [3.63, 3.8) is 0 Å². The molecule has 2 aromatic rings. The normalized spacial score (nSPS) is 21.5. The molecule has 1 fully saturated rings. The number of aromatic nitrogens is 1. The molecule has 0 spiro atoms. The number of hydrogen-bond acceptors (Lipinski definition) is 2. The number of aromatic amines is 1. The number of rotatable bonds is 4. The van der Waals surface area contributed by atoms with Crippen molar-refractivity contribution in [2.75, 3.05) is 39.8 Å². The molecule has 1 saturated heterocycles. The van der Waals surface area contributed by atoms with Crippen LogP contribution in [0, 0.1) is 6.92 Å². The fourth-order valence-electron chi connectivity index (χ4n) is 3.36. The zero-order valence-electron chi connectivity index (χ0n) is 14.3. The lowest BCUT2D eigenvalue weighted by Gasteiger charge is -2.27. The predicted molar refractivity (Wildman–Crippen MR) is 91.5 cm³/mol. The first-order valence-corrected chi connectivity index (χ1v) is 8.51. The second-order valence-electron chi connectivity index (χ2n) is 6.58. The molecule has 1 aliphatic heterocycles. The molecule has 1 aromatic carbocycles. The van der Waals surface area contributed by atoms with E-state index in [2.05, 4.69) is 12.0 Å². The van der Waals surface area contributed by atoms with Crippen molar-refractivity contribution in [3.8, 4) is 5.75 Å². The van der Waals surface area contributed by atoms with E-state index in [1.165, 1.54) is 18.0 Å². The van der Waals surface area contributed by atoms with Crippen molar-refractivity contribution in [2.45, 2.75) is 20.4 Å². The number of hydrogen-bond donors (Lipinski definition) is 3. The summed E-state index contributed by atoms with van der Waals surface area (Å²) in [6, 6.07) is 5.71.